The van der Waals surface area contributed by atoms with Crippen molar-refractivity contribution < 1.29 is 21.3 Å². The summed E-state index contributed by atoms with van der Waals surface area (Å²) in [5.41, 5.74) is 10.1. The van der Waals surface area contributed by atoms with Crippen molar-refractivity contribution in [3.63, 3.8) is 0 Å². The molecule has 6 rings (SSSR count). The van der Waals surface area contributed by atoms with E-state index in [1.807, 2.05) is 0 Å². The second kappa shape index (κ2) is 11.4. The van der Waals surface area contributed by atoms with E-state index < -0.39 is 21.3 Å². The van der Waals surface area contributed by atoms with Crippen molar-refractivity contribution in [3.8, 4) is 11.1 Å². The van der Waals surface area contributed by atoms with Crippen molar-refractivity contribution in [2.24, 2.45) is 5.92 Å². The van der Waals surface area contributed by atoms with Crippen LogP contribution in [0.2, 0.25) is 0 Å². The molecule has 0 amide bonds. The monoisotopic (exact) mass is 586 g/mol. The second-order valence-corrected chi connectivity index (χ2v) is 15.3. The van der Waals surface area contributed by atoms with Crippen LogP contribution in [0.4, 0.5) is 0 Å². The van der Waals surface area contributed by atoms with E-state index in [0.717, 1.165) is 6.42 Å². The number of rotatable bonds is 4. The Morgan fingerprint density at radius 3 is 1.89 bits per heavy atom. The molecule has 0 aliphatic heterocycles. The molecule has 36 heavy (non-hydrogen) atoms. The molecule has 4 aromatic rings. The van der Waals surface area contributed by atoms with Crippen molar-refractivity contribution in [2.75, 3.05) is 0 Å². The summed E-state index contributed by atoms with van der Waals surface area (Å²) in [4.78, 5) is 0. The minimum atomic E-state index is -2.57. The molecule has 0 radical (unpaired) electrons. The molecule has 180 valence electrons. The van der Waals surface area contributed by atoms with Gasteiger partial charge in [-0.3, -0.25) is 0 Å². The van der Waals surface area contributed by atoms with Crippen LogP contribution in [0.3, 0.4) is 0 Å². The predicted molar refractivity (Wildman–Crippen MR) is 156 cm³/mol. The molecule has 0 fully saturated rings. The Bertz CT molecular complexity index is 1440. The Morgan fingerprint density at radius 1 is 0.694 bits per heavy atom. The number of benzene rings is 4. The molecule has 4 aromatic carbocycles. The maximum Gasteiger partial charge on any atom is -0.147 e. The largest absolute Gasteiger partial charge is 0.147 e. The van der Waals surface area contributed by atoms with E-state index in [9.17, 15) is 0 Å². The topological polar surface area (TPSA) is 0 Å². The van der Waals surface area contributed by atoms with E-state index in [1.54, 1.807) is 15.3 Å². The van der Waals surface area contributed by atoms with E-state index in [-0.39, 0.29) is 24.8 Å². The summed E-state index contributed by atoms with van der Waals surface area (Å²) in [7, 11) is 0. The molecule has 0 saturated carbocycles. The second-order valence-electron chi connectivity index (χ2n) is 9.45. The molecule has 0 heterocycles. The third-order valence-electron chi connectivity index (χ3n) is 7.17. The van der Waals surface area contributed by atoms with Gasteiger partial charge < -0.3 is 0 Å². The zero-order valence-corrected chi connectivity index (χ0v) is 24.7. The molecule has 3 heteroatoms. The molecule has 0 nitrogen and oxygen atoms in total. The van der Waals surface area contributed by atoms with Crippen molar-refractivity contribution in [2.45, 2.75) is 20.3 Å². The van der Waals surface area contributed by atoms with Crippen molar-refractivity contribution >= 4 is 31.3 Å². The average molecular weight is 589 g/mol. The zero-order valence-electron chi connectivity index (χ0n) is 20.6. The first-order valence-corrected chi connectivity index (χ1v) is 15.9. The molecule has 0 spiro atoms. The van der Waals surface area contributed by atoms with Gasteiger partial charge in [0.1, 0.15) is 0 Å². The predicted octanol–water partition coefficient (Wildman–Crippen LogP) is 8.09. The molecule has 0 saturated heterocycles. The van der Waals surface area contributed by atoms with Gasteiger partial charge in [0.2, 0.25) is 0 Å². The minimum absolute atomic E-state index is 0. The van der Waals surface area contributed by atoms with Gasteiger partial charge in [-0.25, -0.2) is 0 Å². The maximum atomic E-state index is 2.52. The third kappa shape index (κ3) is 4.82. The Kier molecular flexibility index (Phi) is 8.46. The first-order chi connectivity index (χ1) is 16.7. The Balaban J connectivity index is 0.00000152. The van der Waals surface area contributed by atoms with Gasteiger partial charge in [0, 0.05) is 0 Å². The first kappa shape index (κ1) is 26.7. The van der Waals surface area contributed by atoms with Crippen LogP contribution in [-0.2, 0) is 27.7 Å². The number of fused-ring (bicyclic) bond motifs is 3. The van der Waals surface area contributed by atoms with E-state index in [1.165, 1.54) is 33.4 Å². The quantitative estimate of drug-likeness (QED) is 0.199. The van der Waals surface area contributed by atoms with E-state index in [2.05, 4.69) is 129 Å². The standard InChI is InChI=1S/C13H9.C13H10.C7H9.2ClH.Zr/c1-3-7-12-10(5-1)9-11-6-2-4-8-13(11)12;1-3-7-12(8-4-1)11-13-9-5-2-6-10-13;1-6-3-4-7(2)5-6;;;/h1-5,7-8H,9H2;1-10H;3,5,7H,1-2H3;2*1H;. The summed E-state index contributed by atoms with van der Waals surface area (Å²) in [6.07, 6.45) is 6.03. The Labute approximate surface area is 234 Å². The van der Waals surface area contributed by atoms with Crippen LogP contribution in [0.15, 0.2) is 124 Å². The summed E-state index contributed by atoms with van der Waals surface area (Å²) in [6, 6.07) is 38.4. The number of halogens is 2. The smallest absolute Gasteiger partial charge is 0.147 e. The molecule has 2 aliphatic rings. The van der Waals surface area contributed by atoms with Crippen LogP contribution in [-0.4, -0.2) is 3.21 Å². The van der Waals surface area contributed by atoms with Crippen LogP contribution < -0.4 is 3.27 Å². The molecular formula is C33H30Cl2Zr. The van der Waals surface area contributed by atoms with Crippen molar-refractivity contribution in [1.82, 2.24) is 0 Å². The number of hydrogen-bond acceptors (Lipinski definition) is 0. The zero-order chi connectivity index (χ0) is 23.1. The van der Waals surface area contributed by atoms with Crippen LogP contribution in [0.25, 0.3) is 11.1 Å². The molecule has 0 N–H and O–H groups in total. The Hall–Kier alpha value is -2.31. The molecule has 2 aliphatic carbocycles. The van der Waals surface area contributed by atoms with Gasteiger partial charge in [-0.15, -0.1) is 24.8 Å². The molecule has 0 aromatic heterocycles. The van der Waals surface area contributed by atoms with E-state index >= 15 is 0 Å². The van der Waals surface area contributed by atoms with Gasteiger partial charge in [0.05, 0.1) is 0 Å². The third-order valence-corrected chi connectivity index (χ3v) is 15.2. The summed E-state index contributed by atoms with van der Waals surface area (Å²) < 4.78 is 4.92. The van der Waals surface area contributed by atoms with Gasteiger partial charge in [0.25, 0.3) is 0 Å². The van der Waals surface area contributed by atoms with Crippen LogP contribution >= 0.6 is 24.8 Å². The summed E-state index contributed by atoms with van der Waals surface area (Å²) in [5.74, 6) is 0.497. The van der Waals surface area contributed by atoms with E-state index in [4.69, 9.17) is 0 Å². The fourth-order valence-corrected chi connectivity index (χ4v) is 14.2. The summed E-state index contributed by atoms with van der Waals surface area (Å²) >= 11 is -2.57. The van der Waals surface area contributed by atoms with Crippen molar-refractivity contribution in [1.29, 1.82) is 0 Å². The van der Waals surface area contributed by atoms with Crippen LogP contribution in [0.5, 0.6) is 0 Å². The normalized spacial score (nSPS) is 15.0. The van der Waals surface area contributed by atoms with Gasteiger partial charge >= 0.3 is 211 Å². The van der Waals surface area contributed by atoms with Crippen molar-refractivity contribution in [3.05, 3.63) is 146 Å². The fraction of sp³-hybridized carbons (Fsp3) is 0.121. The van der Waals surface area contributed by atoms with Gasteiger partial charge in [-0.05, 0) is 0 Å². The van der Waals surface area contributed by atoms with E-state index in [0.29, 0.717) is 5.92 Å². The number of allylic oxidation sites excluding steroid dienone is 4. The summed E-state index contributed by atoms with van der Waals surface area (Å²) in [5, 5.41) is 0. The minimum Gasteiger partial charge on any atom is -0.147 e. The number of hydrogen-bond donors (Lipinski definition) is 0. The molecule has 1 atom stereocenters. The fourth-order valence-electron chi connectivity index (χ4n) is 5.70. The van der Waals surface area contributed by atoms with Crippen LogP contribution in [0, 0.1) is 5.92 Å². The summed E-state index contributed by atoms with van der Waals surface area (Å²) in [6.45, 7) is 4.66. The molecular weight excluding hydrogens is 558 g/mol. The SMILES string of the molecule is CC1=CC(C)[C]([Zr](=[C](c2ccccc2)c2ccccc2)[c]2cccc3c2Cc2ccccc2-3)=C1.Cl.Cl. The van der Waals surface area contributed by atoms with Gasteiger partial charge in [-0.2, -0.15) is 0 Å². The Morgan fingerprint density at radius 2 is 1.28 bits per heavy atom. The molecule has 1 unspecified atom stereocenters. The maximum absolute atomic E-state index is 2.57. The first-order valence-electron chi connectivity index (χ1n) is 12.2. The van der Waals surface area contributed by atoms with Gasteiger partial charge in [0.15, 0.2) is 0 Å². The molecule has 0 bridgehead atoms. The van der Waals surface area contributed by atoms with Gasteiger partial charge in [-0.1, -0.05) is 0 Å². The van der Waals surface area contributed by atoms with Crippen LogP contribution in [0.1, 0.15) is 36.1 Å². The average Bonchev–Trinajstić information content (AvgIpc) is 3.42.